The fourth-order valence-electron chi connectivity index (χ4n) is 3.15. The van der Waals surface area contributed by atoms with Gasteiger partial charge in [0.15, 0.2) is 0 Å². The average Bonchev–Trinajstić information content (AvgIpc) is 2.38. The SMILES string of the molecule is CCCC1(N)CN(Cc2ccnc3ccccc23)C1. The lowest BCUT2D eigenvalue weighted by Crippen LogP contribution is -2.66. The van der Waals surface area contributed by atoms with E-state index in [-0.39, 0.29) is 5.54 Å². The summed E-state index contributed by atoms with van der Waals surface area (Å²) in [5.41, 5.74) is 8.80. The third-order valence-corrected chi connectivity index (χ3v) is 3.96. The van der Waals surface area contributed by atoms with E-state index in [2.05, 4.69) is 41.1 Å². The van der Waals surface area contributed by atoms with Crippen molar-refractivity contribution in [3.63, 3.8) is 0 Å². The molecule has 0 aliphatic carbocycles. The molecule has 2 aromatic rings. The molecule has 3 rings (SSSR count). The van der Waals surface area contributed by atoms with Gasteiger partial charge in [-0.1, -0.05) is 31.5 Å². The second kappa shape index (κ2) is 4.91. The number of nitrogens with zero attached hydrogens (tertiary/aromatic N) is 2. The van der Waals surface area contributed by atoms with Crippen LogP contribution in [0.1, 0.15) is 25.3 Å². The highest BCUT2D eigenvalue weighted by atomic mass is 15.2. The van der Waals surface area contributed by atoms with Crippen LogP contribution in [0.15, 0.2) is 36.5 Å². The Morgan fingerprint density at radius 3 is 2.84 bits per heavy atom. The summed E-state index contributed by atoms with van der Waals surface area (Å²) in [6, 6.07) is 10.5. The van der Waals surface area contributed by atoms with Crippen LogP contribution in [0.2, 0.25) is 0 Å². The molecule has 2 heterocycles. The molecule has 0 amide bonds. The Bertz CT molecular complexity index is 568. The number of likely N-dealkylation sites (tertiary alicyclic amines) is 1. The third kappa shape index (κ3) is 2.48. The minimum absolute atomic E-state index is 0.0532. The molecule has 1 aliphatic rings. The van der Waals surface area contributed by atoms with E-state index in [1.165, 1.54) is 17.4 Å². The highest BCUT2D eigenvalue weighted by Crippen LogP contribution is 2.26. The highest BCUT2D eigenvalue weighted by molar-refractivity contribution is 5.81. The molecule has 1 aromatic heterocycles. The maximum absolute atomic E-state index is 6.32. The highest BCUT2D eigenvalue weighted by Gasteiger charge is 2.38. The first-order valence-electron chi connectivity index (χ1n) is 7.04. The standard InChI is InChI=1S/C16H21N3/c1-2-8-16(17)11-19(12-16)10-13-7-9-18-15-6-4-3-5-14(13)15/h3-7,9H,2,8,10-12,17H2,1H3. The van der Waals surface area contributed by atoms with Crippen LogP contribution in [0.3, 0.4) is 0 Å². The largest absolute Gasteiger partial charge is 0.323 e. The molecule has 0 unspecified atom stereocenters. The van der Waals surface area contributed by atoms with Gasteiger partial charge in [-0.25, -0.2) is 0 Å². The zero-order valence-corrected chi connectivity index (χ0v) is 11.5. The van der Waals surface area contributed by atoms with Gasteiger partial charge in [-0.15, -0.1) is 0 Å². The first-order chi connectivity index (χ1) is 9.20. The molecule has 3 heteroatoms. The molecule has 0 bridgehead atoms. The number of rotatable bonds is 4. The average molecular weight is 255 g/mol. The Hall–Kier alpha value is -1.45. The van der Waals surface area contributed by atoms with Gasteiger partial charge in [0.2, 0.25) is 0 Å². The van der Waals surface area contributed by atoms with Crippen molar-refractivity contribution in [3.8, 4) is 0 Å². The van der Waals surface area contributed by atoms with Crippen molar-refractivity contribution in [2.45, 2.75) is 31.8 Å². The van der Waals surface area contributed by atoms with E-state index < -0.39 is 0 Å². The smallest absolute Gasteiger partial charge is 0.0705 e. The summed E-state index contributed by atoms with van der Waals surface area (Å²) in [5, 5.41) is 1.26. The van der Waals surface area contributed by atoms with Crippen LogP contribution < -0.4 is 5.73 Å². The number of hydrogen-bond acceptors (Lipinski definition) is 3. The lowest BCUT2D eigenvalue weighted by molar-refractivity contribution is 0.0571. The van der Waals surface area contributed by atoms with Gasteiger partial charge < -0.3 is 5.73 Å². The van der Waals surface area contributed by atoms with E-state index in [1.54, 1.807) is 0 Å². The fourth-order valence-corrected chi connectivity index (χ4v) is 3.15. The van der Waals surface area contributed by atoms with E-state index in [1.807, 2.05) is 12.3 Å². The van der Waals surface area contributed by atoms with Crippen molar-refractivity contribution in [2.75, 3.05) is 13.1 Å². The number of benzene rings is 1. The molecule has 19 heavy (non-hydrogen) atoms. The van der Waals surface area contributed by atoms with Crippen molar-refractivity contribution < 1.29 is 0 Å². The topological polar surface area (TPSA) is 42.1 Å². The fraction of sp³-hybridized carbons (Fsp3) is 0.438. The van der Waals surface area contributed by atoms with Crippen molar-refractivity contribution >= 4 is 10.9 Å². The van der Waals surface area contributed by atoms with Gasteiger partial charge in [0.1, 0.15) is 0 Å². The van der Waals surface area contributed by atoms with Gasteiger partial charge in [-0.05, 0) is 24.1 Å². The van der Waals surface area contributed by atoms with Gasteiger partial charge >= 0.3 is 0 Å². The second-order valence-electron chi connectivity index (χ2n) is 5.74. The van der Waals surface area contributed by atoms with E-state index in [9.17, 15) is 0 Å². The van der Waals surface area contributed by atoms with Crippen LogP contribution in [0.4, 0.5) is 0 Å². The minimum atomic E-state index is 0.0532. The summed E-state index contributed by atoms with van der Waals surface area (Å²) in [6.45, 7) is 5.20. The number of para-hydroxylation sites is 1. The molecule has 0 spiro atoms. The maximum atomic E-state index is 6.32. The quantitative estimate of drug-likeness (QED) is 0.913. The molecule has 1 aliphatic heterocycles. The van der Waals surface area contributed by atoms with E-state index >= 15 is 0 Å². The van der Waals surface area contributed by atoms with Crippen LogP contribution in [-0.4, -0.2) is 28.5 Å². The first-order valence-corrected chi connectivity index (χ1v) is 7.04. The predicted octanol–water partition coefficient (Wildman–Crippen LogP) is 2.55. The molecule has 0 atom stereocenters. The number of nitrogens with two attached hydrogens (primary N) is 1. The first kappa shape index (κ1) is 12.6. The lowest BCUT2D eigenvalue weighted by Gasteiger charge is -2.48. The van der Waals surface area contributed by atoms with Gasteiger partial charge in [0.25, 0.3) is 0 Å². The number of hydrogen-bond donors (Lipinski definition) is 1. The van der Waals surface area contributed by atoms with Gasteiger partial charge in [0, 0.05) is 36.8 Å². The summed E-state index contributed by atoms with van der Waals surface area (Å²) >= 11 is 0. The molecule has 1 fully saturated rings. The number of pyridine rings is 1. The molecule has 1 saturated heterocycles. The molecular formula is C16H21N3. The Kier molecular flexibility index (Phi) is 3.25. The van der Waals surface area contributed by atoms with Gasteiger partial charge in [0.05, 0.1) is 5.52 Å². The summed E-state index contributed by atoms with van der Waals surface area (Å²) < 4.78 is 0. The van der Waals surface area contributed by atoms with Crippen molar-refractivity contribution in [3.05, 3.63) is 42.1 Å². The molecule has 2 N–H and O–H groups in total. The molecule has 3 nitrogen and oxygen atoms in total. The Balaban J connectivity index is 1.74. The van der Waals surface area contributed by atoms with E-state index in [0.717, 1.165) is 31.6 Å². The summed E-state index contributed by atoms with van der Waals surface area (Å²) in [5.74, 6) is 0. The predicted molar refractivity (Wildman–Crippen MR) is 78.8 cm³/mol. The summed E-state index contributed by atoms with van der Waals surface area (Å²) in [4.78, 5) is 6.84. The van der Waals surface area contributed by atoms with Crippen LogP contribution in [-0.2, 0) is 6.54 Å². The summed E-state index contributed by atoms with van der Waals surface area (Å²) in [6.07, 6.45) is 4.20. The second-order valence-corrected chi connectivity index (χ2v) is 5.74. The van der Waals surface area contributed by atoms with Crippen molar-refractivity contribution in [1.82, 2.24) is 9.88 Å². The van der Waals surface area contributed by atoms with Crippen LogP contribution >= 0.6 is 0 Å². The van der Waals surface area contributed by atoms with Crippen LogP contribution in [0.5, 0.6) is 0 Å². The molecular weight excluding hydrogens is 234 g/mol. The van der Waals surface area contributed by atoms with Crippen LogP contribution in [0, 0.1) is 0 Å². The molecule has 1 aromatic carbocycles. The van der Waals surface area contributed by atoms with Gasteiger partial charge in [-0.2, -0.15) is 0 Å². The zero-order valence-electron chi connectivity index (χ0n) is 11.5. The minimum Gasteiger partial charge on any atom is -0.323 e. The normalized spacial score (nSPS) is 18.4. The lowest BCUT2D eigenvalue weighted by atomic mass is 9.86. The monoisotopic (exact) mass is 255 g/mol. The van der Waals surface area contributed by atoms with E-state index in [4.69, 9.17) is 5.73 Å². The Morgan fingerprint density at radius 1 is 1.26 bits per heavy atom. The number of fused-ring (bicyclic) bond motifs is 1. The number of aromatic nitrogens is 1. The zero-order chi connectivity index (χ0) is 13.3. The van der Waals surface area contributed by atoms with Crippen molar-refractivity contribution in [1.29, 1.82) is 0 Å². The Labute approximate surface area is 114 Å². The summed E-state index contributed by atoms with van der Waals surface area (Å²) in [7, 11) is 0. The Morgan fingerprint density at radius 2 is 2.05 bits per heavy atom. The third-order valence-electron chi connectivity index (χ3n) is 3.96. The van der Waals surface area contributed by atoms with Crippen LogP contribution in [0.25, 0.3) is 10.9 Å². The molecule has 100 valence electrons. The van der Waals surface area contributed by atoms with Crippen molar-refractivity contribution in [2.24, 2.45) is 5.73 Å². The van der Waals surface area contributed by atoms with E-state index in [0.29, 0.717) is 0 Å². The maximum Gasteiger partial charge on any atom is 0.0705 e. The van der Waals surface area contributed by atoms with Gasteiger partial charge in [-0.3, -0.25) is 9.88 Å². The molecule has 0 saturated carbocycles. The molecule has 0 radical (unpaired) electrons.